The molecule has 1 N–H and O–H groups in total. The molecule has 6 heteroatoms. The van der Waals surface area contributed by atoms with Gasteiger partial charge in [-0.25, -0.2) is 4.98 Å². The highest BCUT2D eigenvalue weighted by Crippen LogP contribution is 2.37. The fourth-order valence-electron chi connectivity index (χ4n) is 3.78. The first-order valence-corrected chi connectivity index (χ1v) is 10.1. The minimum absolute atomic E-state index is 0.0334. The molecule has 3 heterocycles. The third-order valence-corrected chi connectivity index (χ3v) is 5.72. The second kappa shape index (κ2) is 7.15. The van der Waals surface area contributed by atoms with Gasteiger partial charge in [-0.2, -0.15) is 0 Å². The van der Waals surface area contributed by atoms with E-state index < -0.39 is 0 Å². The smallest absolute Gasteiger partial charge is 0.255 e. The Labute approximate surface area is 168 Å². The summed E-state index contributed by atoms with van der Waals surface area (Å²) in [5.41, 5.74) is 4.88. The minimum atomic E-state index is 0.0334. The summed E-state index contributed by atoms with van der Waals surface area (Å²) in [5.74, 6) is 1.36. The number of fused-ring (bicyclic) bond motifs is 1. The number of rotatable bonds is 4. The maximum atomic E-state index is 12.5. The van der Waals surface area contributed by atoms with Gasteiger partial charge in [0, 0.05) is 48.8 Å². The first-order chi connectivity index (χ1) is 13.7. The Morgan fingerprint density at radius 1 is 1.21 bits per heavy atom. The number of hydrogen-bond acceptors (Lipinski definition) is 4. The van der Waals surface area contributed by atoms with Crippen molar-refractivity contribution in [3.8, 4) is 11.3 Å². The van der Waals surface area contributed by atoms with Crippen LogP contribution in [-0.4, -0.2) is 26.4 Å². The fraction of sp³-hybridized carbons (Fsp3) is 0.318. The average molecular weight is 393 g/mol. The highest BCUT2D eigenvalue weighted by Gasteiger charge is 2.29. The summed E-state index contributed by atoms with van der Waals surface area (Å²) in [6.45, 7) is 2.31. The lowest BCUT2D eigenvalue weighted by Gasteiger charge is -2.27. The monoisotopic (exact) mass is 392 g/mol. The van der Waals surface area contributed by atoms with Gasteiger partial charge in [-0.05, 0) is 36.6 Å². The second-order valence-corrected chi connectivity index (χ2v) is 8.11. The lowest BCUT2D eigenvalue weighted by atomic mass is 10.1. The molecule has 1 aliphatic carbocycles. The maximum Gasteiger partial charge on any atom is 0.255 e. The van der Waals surface area contributed by atoms with Gasteiger partial charge >= 0.3 is 0 Å². The van der Waals surface area contributed by atoms with Gasteiger partial charge in [0.15, 0.2) is 0 Å². The topological polar surface area (TPSA) is 61.9 Å². The van der Waals surface area contributed by atoms with Crippen molar-refractivity contribution in [1.82, 2.24) is 19.9 Å². The van der Waals surface area contributed by atoms with E-state index in [0.717, 1.165) is 66.3 Å². The number of aromatic amines is 1. The molecule has 0 bridgehead atoms. The summed E-state index contributed by atoms with van der Waals surface area (Å²) in [6, 6.07) is 11.8. The summed E-state index contributed by atoms with van der Waals surface area (Å²) in [6.07, 6.45) is 5.02. The van der Waals surface area contributed by atoms with E-state index in [1.807, 2.05) is 36.5 Å². The van der Waals surface area contributed by atoms with Crippen LogP contribution in [0.3, 0.4) is 0 Å². The highest BCUT2D eigenvalue weighted by molar-refractivity contribution is 6.30. The van der Waals surface area contributed by atoms with Gasteiger partial charge in [0.05, 0.1) is 17.0 Å². The number of halogens is 1. The Hall–Kier alpha value is -2.50. The lowest BCUT2D eigenvalue weighted by Crippen LogP contribution is -2.35. The molecular formula is C22H21ClN4O. The van der Waals surface area contributed by atoms with Gasteiger partial charge in [-0.3, -0.25) is 14.7 Å². The SMILES string of the molecule is O=c1[nH]c(C2CC2)nc2c1CN(Cc1ccc(-c3cccc(Cl)c3)nc1)CC2. The molecule has 2 aliphatic rings. The van der Waals surface area contributed by atoms with Crippen molar-refractivity contribution in [3.63, 3.8) is 0 Å². The van der Waals surface area contributed by atoms with Crippen LogP contribution >= 0.6 is 11.6 Å². The van der Waals surface area contributed by atoms with Gasteiger partial charge in [-0.15, -0.1) is 0 Å². The normalized spacial score (nSPS) is 16.8. The van der Waals surface area contributed by atoms with Gasteiger partial charge in [-0.1, -0.05) is 29.8 Å². The molecule has 1 aromatic carbocycles. The molecule has 0 saturated heterocycles. The van der Waals surface area contributed by atoms with Crippen LogP contribution in [0.4, 0.5) is 0 Å². The van der Waals surface area contributed by atoms with Gasteiger partial charge in [0.1, 0.15) is 5.82 Å². The Morgan fingerprint density at radius 2 is 2.11 bits per heavy atom. The molecule has 1 aliphatic heterocycles. The van der Waals surface area contributed by atoms with Crippen molar-refractivity contribution >= 4 is 11.6 Å². The molecule has 28 heavy (non-hydrogen) atoms. The number of benzene rings is 1. The number of hydrogen-bond donors (Lipinski definition) is 1. The molecule has 142 valence electrons. The molecule has 5 nitrogen and oxygen atoms in total. The lowest BCUT2D eigenvalue weighted by molar-refractivity contribution is 0.241. The Balaban J connectivity index is 1.30. The fourth-order valence-corrected chi connectivity index (χ4v) is 3.97. The molecule has 0 spiro atoms. The van der Waals surface area contributed by atoms with Gasteiger partial charge in [0.2, 0.25) is 0 Å². The standard InChI is InChI=1S/C22H21ClN4O/c23-17-3-1-2-16(10-17)19-7-4-14(11-24-19)12-27-9-8-20-18(13-27)22(28)26-21(25-20)15-5-6-15/h1-4,7,10-11,15H,5-6,8-9,12-13H2,(H,25,26,28). The largest absolute Gasteiger partial charge is 0.310 e. The zero-order valence-electron chi connectivity index (χ0n) is 15.5. The Morgan fingerprint density at radius 3 is 2.86 bits per heavy atom. The molecule has 0 radical (unpaired) electrons. The predicted molar refractivity (Wildman–Crippen MR) is 109 cm³/mol. The molecule has 3 aromatic rings. The molecule has 2 aromatic heterocycles. The third-order valence-electron chi connectivity index (χ3n) is 5.48. The zero-order valence-corrected chi connectivity index (χ0v) is 16.2. The average Bonchev–Trinajstić information content (AvgIpc) is 3.54. The first-order valence-electron chi connectivity index (χ1n) is 9.71. The number of nitrogens with zero attached hydrogens (tertiary/aromatic N) is 3. The second-order valence-electron chi connectivity index (χ2n) is 7.67. The summed E-state index contributed by atoms with van der Waals surface area (Å²) >= 11 is 6.07. The Kier molecular flexibility index (Phi) is 4.49. The van der Waals surface area contributed by atoms with Crippen molar-refractivity contribution in [2.45, 2.75) is 38.3 Å². The predicted octanol–water partition coefficient (Wildman–Crippen LogP) is 3.92. The summed E-state index contributed by atoms with van der Waals surface area (Å²) < 4.78 is 0. The summed E-state index contributed by atoms with van der Waals surface area (Å²) in [5, 5.41) is 0.707. The molecule has 1 fully saturated rings. The van der Waals surface area contributed by atoms with Crippen molar-refractivity contribution in [2.24, 2.45) is 0 Å². The molecule has 0 amide bonds. The van der Waals surface area contributed by atoms with E-state index >= 15 is 0 Å². The van der Waals surface area contributed by atoms with E-state index in [-0.39, 0.29) is 5.56 Å². The van der Waals surface area contributed by atoms with E-state index in [4.69, 9.17) is 16.6 Å². The zero-order chi connectivity index (χ0) is 19.1. The minimum Gasteiger partial charge on any atom is -0.310 e. The van der Waals surface area contributed by atoms with Crippen molar-refractivity contribution in [2.75, 3.05) is 6.54 Å². The first kappa shape index (κ1) is 17.6. The van der Waals surface area contributed by atoms with Crippen molar-refractivity contribution in [1.29, 1.82) is 0 Å². The highest BCUT2D eigenvalue weighted by atomic mass is 35.5. The number of pyridine rings is 1. The van der Waals surface area contributed by atoms with E-state index in [1.54, 1.807) is 0 Å². The summed E-state index contributed by atoms with van der Waals surface area (Å²) in [4.78, 5) is 27.1. The van der Waals surface area contributed by atoms with Crippen LogP contribution in [0.2, 0.25) is 5.02 Å². The third kappa shape index (κ3) is 3.60. The molecule has 5 rings (SSSR count). The van der Waals surface area contributed by atoms with Crippen LogP contribution in [0.25, 0.3) is 11.3 Å². The quantitative estimate of drug-likeness (QED) is 0.731. The van der Waals surface area contributed by atoms with Crippen LogP contribution in [-0.2, 0) is 19.5 Å². The maximum absolute atomic E-state index is 12.5. The van der Waals surface area contributed by atoms with Crippen molar-refractivity contribution < 1.29 is 0 Å². The Bertz CT molecular complexity index is 1070. The van der Waals surface area contributed by atoms with E-state index in [9.17, 15) is 4.79 Å². The molecule has 0 atom stereocenters. The van der Waals surface area contributed by atoms with Crippen molar-refractivity contribution in [3.05, 3.63) is 80.6 Å². The number of aromatic nitrogens is 3. The van der Waals surface area contributed by atoms with Gasteiger partial charge in [0.25, 0.3) is 5.56 Å². The van der Waals surface area contributed by atoms with Gasteiger partial charge < -0.3 is 4.98 Å². The summed E-state index contributed by atoms with van der Waals surface area (Å²) in [7, 11) is 0. The van der Waals surface area contributed by atoms with Crippen LogP contribution in [0, 0.1) is 0 Å². The van der Waals surface area contributed by atoms with E-state index in [0.29, 0.717) is 17.5 Å². The number of nitrogens with one attached hydrogen (secondary N) is 1. The van der Waals surface area contributed by atoms with E-state index in [2.05, 4.69) is 20.9 Å². The van der Waals surface area contributed by atoms with Crippen LogP contribution < -0.4 is 5.56 Å². The van der Waals surface area contributed by atoms with E-state index in [1.165, 1.54) is 0 Å². The number of H-pyrrole nitrogens is 1. The molecule has 0 unspecified atom stereocenters. The molecule has 1 saturated carbocycles. The van der Waals surface area contributed by atoms with Crippen LogP contribution in [0.1, 0.15) is 41.4 Å². The van der Waals surface area contributed by atoms with Crippen LogP contribution in [0.5, 0.6) is 0 Å². The van der Waals surface area contributed by atoms with Crippen LogP contribution in [0.15, 0.2) is 47.4 Å². The molecular weight excluding hydrogens is 372 g/mol.